The van der Waals surface area contributed by atoms with Gasteiger partial charge in [-0.2, -0.15) is 0 Å². The van der Waals surface area contributed by atoms with Gasteiger partial charge in [0.05, 0.1) is 0 Å². The number of aldehydes is 1. The van der Waals surface area contributed by atoms with Crippen molar-refractivity contribution < 1.29 is 4.79 Å². The van der Waals surface area contributed by atoms with Gasteiger partial charge in [-0.1, -0.05) is 6.92 Å². The number of hydrogen-bond donors (Lipinski definition) is 0. The molecule has 2 heterocycles. The van der Waals surface area contributed by atoms with Crippen LogP contribution in [0.2, 0.25) is 0 Å². The van der Waals surface area contributed by atoms with Crippen molar-refractivity contribution in [2.24, 2.45) is 5.92 Å². The fraction of sp³-hybridized carbons (Fsp3) is 0.455. The Morgan fingerprint density at radius 3 is 3.33 bits per heavy atom. The van der Waals surface area contributed by atoms with Crippen LogP contribution in [0.3, 0.4) is 0 Å². The second kappa shape index (κ2) is 3.17. The van der Waals surface area contributed by atoms with E-state index >= 15 is 0 Å². The maximum atomic E-state index is 10.6. The summed E-state index contributed by atoms with van der Waals surface area (Å²) in [7, 11) is 0. The van der Waals surface area contributed by atoms with E-state index in [2.05, 4.69) is 16.3 Å². The highest BCUT2D eigenvalue weighted by molar-refractivity contribution is 7.17. The number of thiazole rings is 1. The van der Waals surface area contributed by atoms with E-state index in [1.165, 1.54) is 23.4 Å². The van der Waals surface area contributed by atoms with Crippen molar-refractivity contribution in [1.82, 2.24) is 9.38 Å². The first kappa shape index (κ1) is 9.09. The molecule has 3 rings (SSSR count). The third kappa shape index (κ3) is 1.32. The maximum Gasteiger partial charge on any atom is 0.194 e. The van der Waals surface area contributed by atoms with Gasteiger partial charge in [-0.25, -0.2) is 4.98 Å². The largest absolute Gasteiger partial charge is 0.296 e. The predicted molar refractivity (Wildman–Crippen MR) is 59.6 cm³/mol. The van der Waals surface area contributed by atoms with Crippen LogP contribution in [0.15, 0.2) is 6.20 Å². The fourth-order valence-corrected chi connectivity index (χ4v) is 3.55. The van der Waals surface area contributed by atoms with Gasteiger partial charge in [0.1, 0.15) is 5.69 Å². The molecular formula is C11H12N2OS. The summed E-state index contributed by atoms with van der Waals surface area (Å²) in [4.78, 5) is 17.3. The monoisotopic (exact) mass is 220 g/mol. The number of nitrogens with zero attached hydrogens (tertiary/aromatic N) is 2. The summed E-state index contributed by atoms with van der Waals surface area (Å²) in [6, 6.07) is 0. The first-order chi connectivity index (χ1) is 7.28. The minimum Gasteiger partial charge on any atom is -0.296 e. The van der Waals surface area contributed by atoms with Crippen LogP contribution in [0.1, 0.15) is 34.4 Å². The van der Waals surface area contributed by atoms with E-state index in [-0.39, 0.29) is 0 Å². The minimum absolute atomic E-state index is 0.544. The van der Waals surface area contributed by atoms with E-state index in [9.17, 15) is 4.79 Å². The van der Waals surface area contributed by atoms with E-state index in [4.69, 9.17) is 0 Å². The summed E-state index contributed by atoms with van der Waals surface area (Å²) in [5.74, 6) is 0.784. The first-order valence-electron chi connectivity index (χ1n) is 5.22. The van der Waals surface area contributed by atoms with Gasteiger partial charge in [-0.3, -0.25) is 9.20 Å². The van der Waals surface area contributed by atoms with Gasteiger partial charge in [-0.05, 0) is 25.2 Å². The van der Waals surface area contributed by atoms with Crippen LogP contribution in [0.4, 0.5) is 0 Å². The Balaban J connectivity index is 2.18. The molecule has 4 heteroatoms. The van der Waals surface area contributed by atoms with Gasteiger partial charge in [0.25, 0.3) is 0 Å². The van der Waals surface area contributed by atoms with Crippen molar-refractivity contribution >= 4 is 22.6 Å². The number of aromatic nitrogens is 2. The smallest absolute Gasteiger partial charge is 0.194 e. The second-order valence-electron chi connectivity index (χ2n) is 4.26. The van der Waals surface area contributed by atoms with Crippen molar-refractivity contribution in [3.8, 4) is 0 Å². The quantitative estimate of drug-likeness (QED) is 0.691. The van der Waals surface area contributed by atoms with Crippen molar-refractivity contribution in [2.45, 2.75) is 26.2 Å². The molecule has 0 N–H and O–H groups in total. The third-order valence-electron chi connectivity index (χ3n) is 3.05. The highest BCUT2D eigenvalue weighted by Crippen LogP contribution is 2.32. The molecule has 0 aromatic carbocycles. The van der Waals surface area contributed by atoms with E-state index in [0.717, 1.165) is 23.6 Å². The normalized spacial score (nSPS) is 20.5. The van der Waals surface area contributed by atoms with Crippen LogP contribution in [-0.2, 0) is 12.8 Å². The van der Waals surface area contributed by atoms with Gasteiger partial charge in [0.15, 0.2) is 11.2 Å². The van der Waals surface area contributed by atoms with Gasteiger partial charge in [0, 0.05) is 16.8 Å². The highest BCUT2D eigenvalue weighted by atomic mass is 32.1. The number of imidazole rings is 1. The molecule has 15 heavy (non-hydrogen) atoms. The Bertz CT molecular complexity index is 526. The number of fused-ring (bicyclic) bond motifs is 3. The van der Waals surface area contributed by atoms with Gasteiger partial charge in [0.2, 0.25) is 0 Å². The van der Waals surface area contributed by atoms with Crippen LogP contribution in [0.5, 0.6) is 0 Å². The molecule has 1 aliphatic carbocycles. The highest BCUT2D eigenvalue weighted by Gasteiger charge is 2.21. The van der Waals surface area contributed by atoms with Crippen molar-refractivity contribution in [1.29, 1.82) is 0 Å². The van der Waals surface area contributed by atoms with E-state index in [1.807, 2.05) is 6.20 Å². The lowest BCUT2D eigenvalue weighted by atomic mass is 9.93. The van der Waals surface area contributed by atoms with Crippen molar-refractivity contribution in [3.63, 3.8) is 0 Å². The standard InChI is InChI=1S/C11H12N2OS/c1-7-2-3-9-10(4-7)15-11-12-8(6-14)5-13(9)11/h5-7H,2-4H2,1H3. The van der Waals surface area contributed by atoms with Crippen molar-refractivity contribution in [3.05, 3.63) is 22.5 Å². The van der Waals surface area contributed by atoms with Crippen LogP contribution in [0.25, 0.3) is 4.96 Å². The van der Waals surface area contributed by atoms with Crippen molar-refractivity contribution in [2.75, 3.05) is 0 Å². The van der Waals surface area contributed by atoms with Crippen LogP contribution in [0, 0.1) is 5.92 Å². The summed E-state index contributed by atoms with van der Waals surface area (Å²) in [5.41, 5.74) is 1.91. The molecule has 2 aromatic heterocycles. The number of carbonyl (C=O) groups excluding carboxylic acids is 1. The number of aryl methyl sites for hydroxylation is 1. The van der Waals surface area contributed by atoms with Crippen LogP contribution >= 0.6 is 11.3 Å². The topological polar surface area (TPSA) is 34.4 Å². The second-order valence-corrected chi connectivity index (χ2v) is 5.32. The molecule has 0 amide bonds. The molecule has 0 aliphatic heterocycles. The molecule has 3 nitrogen and oxygen atoms in total. The predicted octanol–water partition coefficient (Wildman–Crippen LogP) is 2.33. The molecule has 1 unspecified atom stereocenters. The van der Waals surface area contributed by atoms with Gasteiger partial charge < -0.3 is 0 Å². The third-order valence-corrected chi connectivity index (χ3v) is 4.17. The van der Waals surface area contributed by atoms with Gasteiger partial charge >= 0.3 is 0 Å². The molecule has 0 saturated heterocycles. The lowest BCUT2D eigenvalue weighted by Gasteiger charge is -2.17. The van der Waals surface area contributed by atoms with E-state index in [0.29, 0.717) is 5.69 Å². The fourth-order valence-electron chi connectivity index (χ4n) is 2.23. The minimum atomic E-state index is 0.544. The zero-order chi connectivity index (χ0) is 10.4. The maximum absolute atomic E-state index is 10.6. The average Bonchev–Trinajstić information content (AvgIpc) is 2.73. The molecule has 0 bridgehead atoms. The lowest BCUT2D eigenvalue weighted by molar-refractivity contribution is 0.111. The molecule has 1 atom stereocenters. The summed E-state index contributed by atoms with van der Waals surface area (Å²) in [5, 5.41) is 0. The summed E-state index contributed by atoms with van der Waals surface area (Å²) < 4.78 is 2.09. The molecule has 0 spiro atoms. The Morgan fingerprint density at radius 1 is 1.67 bits per heavy atom. The van der Waals surface area contributed by atoms with Gasteiger partial charge in [-0.15, -0.1) is 11.3 Å². The molecule has 2 aromatic rings. The number of carbonyl (C=O) groups is 1. The van der Waals surface area contributed by atoms with E-state index < -0.39 is 0 Å². The SMILES string of the molecule is CC1CCc2c(sc3nc(C=O)cn23)C1. The molecular weight excluding hydrogens is 208 g/mol. The first-order valence-corrected chi connectivity index (χ1v) is 6.04. The summed E-state index contributed by atoms with van der Waals surface area (Å²) >= 11 is 1.73. The Morgan fingerprint density at radius 2 is 2.53 bits per heavy atom. The Hall–Kier alpha value is -1.16. The number of rotatable bonds is 1. The zero-order valence-corrected chi connectivity index (χ0v) is 9.38. The average molecular weight is 220 g/mol. The lowest BCUT2D eigenvalue weighted by Crippen LogP contribution is -2.10. The molecule has 78 valence electrons. The Labute approximate surface area is 91.8 Å². The Kier molecular flexibility index (Phi) is 1.92. The molecule has 0 fully saturated rings. The zero-order valence-electron chi connectivity index (χ0n) is 8.56. The van der Waals surface area contributed by atoms with Crippen LogP contribution in [-0.4, -0.2) is 15.7 Å². The molecule has 0 saturated carbocycles. The number of hydrogen-bond acceptors (Lipinski definition) is 3. The van der Waals surface area contributed by atoms with Crippen LogP contribution < -0.4 is 0 Å². The summed E-state index contributed by atoms with van der Waals surface area (Å²) in [6.45, 7) is 2.29. The van der Waals surface area contributed by atoms with E-state index in [1.54, 1.807) is 11.3 Å². The summed E-state index contributed by atoms with van der Waals surface area (Å²) in [6.07, 6.45) is 6.20. The molecule has 1 aliphatic rings. The molecule has 0 radical (unpaired) electrons.